The van der Waals surface area contributed by atoms with Gasteiger partial charge in [0.2, 0.25) is 5.95 Å². The van der Waals surface area contributed by atoms with Crippen LogP contribution in [0.15, 0.2) is 36.7 Å². The topological polar surface area (TPSA) is 59.3 Å². The molecule has 1 atom stereocenters. The van der Waals surface area contributed by atoms with Crippen LogP contribution in [0.1, 0.15) is 49.2 Å². The highest BCUT2D eigenvalue weighted by atomic mass is 16.5. The Labute approximate surface area is 191 Å². The number of methoxy groups -OCH3 is 1. The largest absolute Gasteiger partial charge is 0.497 e. The Balaban J connectivity index is 1.73. The zero-order valence-electron chi connectivity index (χ0n) is 19.9. The zero-order chi connectivity index (χ0) is 22.7. The van der Waals surface area contributed by atoms with Crippen molar-refractivity contribution in [2.24, 2.45) is 0 Å². The minimum atomic E-state index is 0.243. The van der Waals surface area contributed by atoms with E-state index in [1.54, 1.807) is 7.11 Å². The van der Waals surface area contributed by atoms with Gasteiger partial charge in [-0.3, -0.25) is 9.58 Å². The first kappa shape index (κ1) is 22.3. The fourth-order valence-electron chi connectivity index (χ4n) is 4.52. The number of aromatic nitrogens is 4. The van der Waals surface area contributed by atoms with Gasteiger partial charge in [-0.05, 0) is 50.9 Å². The Bertz CT molecular complexity index is 1040. The van der Waals surface area contributed by atoms with Crippen LogP contribution in [0.25, 0.3) is 11.1 Å². The molecule has 3 aromatic rings. The van der Waals surface area contributed by atoms with Crippen LogP contribution in [0.5, 0.6) is 5.75 Å². The monoisotopic (exact) mass is 434 g/mol. The number of piperidine rings is 1. The second-order valence-electron chi connectivity index (χ2n) is 8.64. The molecule has 0 amide bonds. The molecule has 0 aliphatic carbocycles. The number of nitrogens with zero attached hydrogens (tertiary/aromatic N) is 6. The van der Waals surface area contributed by atoms with Crippen LogP contribution in [0.2, 0.25) is 0 Å². The molecule has 0 bridgehead atoms. The molecular formula is C25H34N6O. The molecule has 0 N–H and O–H groups in total. The number of anilines is 1. The van der Waals surface area contributed by atoms with Gasteiger partial charge in [-0.15, -0.1) is 0 Å². The van der Waals surface area contributed by atoms with E-state index in [0.717, 1.165) is 54.6 Å². The summed E-state index contributed by atoms with van der Waals surface area (Å²) in [6.45, 7) is 7.15. The lowest BCUT2D eigenvalue weighted by molar-refractivity contribution is 0.137. The number of hydrogen-bond donors (Lipinski definition) is 0. The van der Waals surface area contributed by atoms with Crippen LogP contribution in [-0.4, -0.2) is 52.4 Å². The summed E-state index contributed by atoms with van der Waals surface area (Å²) in [6, 6.07) is 8.44. The first-order valence-electron chi connectivity index (χ1n) is 11.5. The van der Waals surface area contributed by atoms with Crippen LogP contribution < -0.4 is 9.64 Å². The van der Waals surface area contributed by atoms with Gasteiger partial charge in [-0.2, -0.15) is 5.10 Å². The lowest BCUT2D eigenvalue weighted by atomic mass is 9.93. The van der Waals surface area contributed by atoms with Crippen molar-refractivity contribution in [1.29, 1.82) is 0 Å². The molecule has 7 nitrogen and oxygen atoms in total. The number of aryl methyl sites for hydroxylation is 1. The van der Waals surface area contributed by atoms with Crippen LogP contribution in [0.4, 0.5) is 5.95 Å². The standard InChI is InChI=1S/C25H34N6O/c1-6-31-18(2)20(15-27-31)17-30-14-8-7-9-23(30)24-22(16-26-25(28-24)29(3)4)19-10-12-21(32-5)13-11-19/h10-13,15-16,23H,6-9,14,17H2,1-5H3. The average Bonchev–Trinajstić information content (AvgIpc) is 3.18. The maximum Gasteiger partial charge on any atom is 0.225 e. The van der Waals surface area contributed by atoms with Gasteiger partial charge in [-0.25, -0.2) is 9.97 Å². The van der Waals surface area contributed by atoms with Crippen molar-refractivity contribution >= 4 is 5.95 Å². The molecular weight excluding hydrogens is 400 g/mol. The fourth-order valence-corrected chi connectivity index (χ4v) is 4.52. The molecule has 32 heavy (non-hydrogen) atoms. The molecule has 0 saturated carbocycles. The molecule has 4 rings (SSSR count). The number of likely N-dealkylation sites (tertiary alicyclic amines) is 1. The van der Waals surface area contributed by atoms with Gasteiger partial charge >= 0.3 is 0 Å². The summed E-state index contributed by atoms with van der Waals surface area (Å²) in [6.07, 6.45) is 7.51. The van der Waals surface area contributed by atoms with Crippen LogP contribution in [0, 0.1) is 6.92 Å². The summed E-state index contributed by atoms with van der Waals surface area (Å²) in [5, 5.41) is 4.56. The van der Waals surface area contributed by atoms with Crippen molar-refractivity contribution in [1.82, 2.24) is 24.6 Å². The molecule has 1 saturated heterocycles. The first-order valence-corrected chi connectivity index (χ1v) is 11.5. The first-order chi connectivity index (χ1) is 15.5. The van der Waals surface area contributed by atoms with E-state index >= 15 is 0 Å². The molecule has 1 unspecified atom stereocenters. The molecule has 0 spiro atoms. The maximum absolute atomic E-state index is 5.35. The van der Waals surface area contributed by atoms with Gasteiger partial charge < -0.3 is 9.64 Å². The molecule has 0 radical (unpaired) electrons. The van der Waals surface area contributed by atoms with E-state index in [-0.39, 0.29) is 6.04 Å². The smallest absolute Gasteiger partial charge is 0.225 e. The third-order valence-electron chi connectivity index (χ3n) is 6.41. The van der Waals surface area contributed by atoms with Crippen molar-refractivity contribution in [3.05, 3.63) is 53.6 Å². The summed E-state index contributed by atoms with van der Waals surface area (Å²) >= 11 is 0. The predicted molar refractivity (Wildman–Crippen MR) is 128 cm³/mol. The fraction of sp³-hybridized carbons (Fsp3) is 0.480. The molecule has 1 aromatic carbocycles. The summed E-state index contributed by atoms with van der Waals surface area (Å²) in [4.78, 5) is 14.3. The molecule has 1 aliphatic heterocycles. The number of benzene rings is 1. The Morgan fingerprint density at radius 2 is 1.91 bits per heavy atom. The summed E-state index contributed by atoms with van der Waals surface area (Å²) in [5.74, 6) is 1.60. The van der Waals surface area contributed by atoms with E-state index in [9.17, 15) is 0 Å². The Hall–Kier alpha value is -2.93. The quantitative estimate of drug-likeness (QED) is 0.547. The highest BCUT2D eigenvalue weighted by Gasteiger charge is 2.29. The van der Waals surface area contributed by atoms with Gasteiger partial charge in [0.15, 0.2) is 0 Å². The normalized spacial score (nSPS) is 16.8. The third kappa shape index (κ3) is 4.48. The van der Waals surface area contributed by atoms with Gasteiger partial charge in [0, 0.05) is 50.2 Å². The number of hydrogen-bond acceptors (Lipinski definition) is 6. The van der Waals surface area contributed by atoms with Crippen molar-refractivity contribution < 1.29 is 4.74 Å². The van der Waals surface area contributed by atoms with Crippen molar-refractivity contribution in [2.75, 3.05) is 32.6 Å². The predicted octanol–water partition coefficient (Wildman–Crippen LogP) is 4.47. The minimum Gasteiger partial charge on any atom is -0.497 e. The highest BCUT2D eigenvalue weighted by Crippen LogP contribution is 2.37. The molecule has 1 aliphatic rings. The van der Waals surface area contributed by atoms with Gasteiger partial charge in [0.05, 0.1) is 25.0 Å². The average molecular weight is 435 g/mol. The summed E-state index contributed by atoms with van der Waals surface area (Å²) in [5.41, 5.74) is 5.87. The second kappa shape index (κ2) is 9.69. The lowest BCUT2D eigenvalue weighted by Crippen LogP contribution is -2.34. The number of rotatable bonds is 7. The molecule has 3 heterocycles. The van der Waals surface area contributed by atoms with E-state index in [2.05, 4.69) is 45.6 Å². The third-order valence-corrected chi connectivity index (χ3v) is 6.41. The van der Waals surface area contributed by atoms with Crippen molar-refractivity contribution in [2.45, 2.75) is 52.2 Å². The van der Waals surface area contributed by atoms with E-state index in [1.807, 2.05) is 43.5 Å². The van der Waals surface area contributed by atoms with Crippen LogP contribution >= 0.6 is 0 Å². The molecule has 2 aromatic heterocycles. The summed E-state index contributed by atoms with van der Waals surface area (Å²) in [7, 11) is 5.68. The number of ether oxygens (including phenoxy) is 1. The highest BCUT2D eigenvalue weighted by molar-refractivity contribution is 5.67. The Morgan fingerprint density at radius 3 is 2.56 bits per heavy atom. The molecule has 170 valence electrons. The zero-order valence-corrected chi connectivity index (χ0v) is 19.9. The molecule has 7 heteroatoms. The van der Waals surface area contributed by atoms with E-state index in [4.69, 9.17) is 9.72 Å². The Kier molecular flexibility index (Phi) is 6.74. The van der Waals surface area contributed by atoms with E-state index < -0.39 is 0 Å². The van der Waals surface area contributed by atoms with Crippen molar-refractivity contribution in [3.63, 3.8) is 0 Å². The van der Waals surface area contributed by atoms with Gasteiger partial charge in [0.25, 0.3) is 0 Å². The Morgan fingerprint density at radius 1 is 1.12 bits per heavy atom. The van der Waals surface area contributed by atoms with Crippen LogP contribution in [0.3, 0.4) is 0 Å². The second-order valence-corrected chi connectivity index (χ2v) is 8.64. The molecule has 1 fully saturated rings. The SMILES string of the molecule is CCn1ncc(CN2CCCCC2c2nc(N(C)C)ncc2-c2ccc(OC)cc2)c1C. The van der Waals surface area contributed by atoms with Crippen molar-refractivity contribution in [3.8, 4) is 16.9 Å². The lowest BCUT2D eigenvalue weighted by Gasteiger charge is -2.36. The maximum atomic E-state index is 5.35. The van der Waals surface area contributed by atoms with Gasteiger partial charge in [-0.1, -0.05) is 18.6 Å². The van der Waals surface area contributed by atoms with E-state index in [0.29, 0.717) is 0 Å². The van der Waals surface area contributed by atoms with Gasteiger partial charge in [0.1, 0.15) is 5.75 Å². The minimum absolute atomic E-state index is 0.243. The summed E-state index contributed by atoms with van der Waals surface area (Å²) < 4.78 is 7.43. The van der Waals surface area contributed by atoms with Crippen LogP contribution in [-0.2, 0) is 13.1 Å². The van der Waals surface area contributed by atoms with E-state index in [1.165, 1.54) is 24.1 Å².